The zero-order valence-electron chi connectivity index (χ0n) is 10.00. The maximum atomic E-state index is 10.4. The molecule has 0 spiro atoms. The minimum Gasteiger partial charge on any atom is -0.388 e. The van der Waals surface area contributed by atoms with E-state index in [-0.39, 0.29) is 0 Å². The second-order valence-corrected chi connectivity index (χ2v) is 5.97. The molecule has 94 valence electrons. The predicted octanol–water partition coefficient (Wildman–Crippen LogP) is 4.85. The van der Waals surface area contributed by atoms with Crippen LogP contribution in [0.1, 0.15) is 44.3 Å². The molecule has 1 nitrogen and oxygen atoms in total. The minimum absolute atomic E-state index is 0.338. The molecule has 0 aliphatic heterocycles. The summed E-state index contributed by atoms with van der Waals surface area (Å²) in [5.74, 6) is 1.13. The summed E-state index contributed by atoms with van der Waals surface area (Å²) in [6.45, 7) is 2.28. The van der Waals surface area contributed by atoms with Crippen LogP contribution in [0.2, 0.25) is 10.0 Å². The van der Waals surface area contributed by atoms with Gasteiger partial charge in [0.1, 0.15) is 0 Å². The first-order chi connectivity index (χ1) is 8.08. The topological polar surface area (TPSA) is 20.2 Å². The normalized spacial score (nSPS) is 26.8. The Morgan fingerprint density at radius 3 is 2.41 bits per heavy atom. The third kappa shape index (κ3) is 3.15. The van der Waals surface area contributed by atoms with Crippen molar-refractivity contribution < 1.29 is 5.11 Å². The van der Waals surface area contributed by atoms with Crippen LogP contribution in [0.3, 0.4) is 0 Å². The second kappa shape index (κ2) is 5.60. The molecule has 1 fully saturated rings. The van der Waals surface area contributed by atoms with Crippen molar-refractivity contribution in [2.75, 3.05) is 0 Å². The summed E-state index contributed by atoms with van der Waals surface area (Å²) >= 11 is 12.0. The molecule has 2 rings (SSSR count). The van der Waals surface area contributed by atoms with Gasteiger partial charge in [0.2, 0.25) is 0 Å². The molecular weight excluding hydrogens is 255 g/mol. The molecule has 0 aromatic heterocycles. The largest absolute Gasteiger partial charge is 0.388 e. The van der Waals surface area contributed by atoms with Crippen molar-refractivity contribution in [2.24, 2.45) is 11.8 Å². The van der Waals surface area contributed by atoms with Gasteiger partial charge in [-0.05, 0) is 42.4 Å². The highest BCUT2D eigenvalue weighted by atomic mass is 35.5. The van der Waals surface area contributed by atoms with E-state index < -0.39 is 6.10 Å². The highest BCUT2D eigenvalue weighted by Gasteiger charge is 2.26. The molecule has 1 unspecified atom stereocenters. The number of hydrogen-bond donors (Lipinski definition) is 1. The lowest BCUT2D eigenvalue weighted by atomic mass is 9.78. The lowest BCUT2D eigenvalue weighted by Gasteiger charge is -2.30. The molecule has 1 N–H and O–H groups in total. The Labute approximate surface area is 113 Å². The van der Waals surface area contributed by atoms with Crippen LogP contribution in [0.25, 0.3) is 0 Å². The molecule has 0 radical (unpaired) electrons. The third-order valence-electron chi connectivity index (χ3n) is 3.79. The summed E-state index contributed by atoms with van der Waals surface area (Å²) in [5.41, 5.74) is 0.815. The first kappa shape index (κ1) is 13.2. The number of hydrogen-bond acceptors (Lipinski definition) is 1. The van der Waals surface area contributed by atoms with Gasteiger partial charge >= 0.3 is 0 Å². The van der Waals surface area contributed by atoms with E-state index in [1.807, 2.05) is 6.07 Å². The average Bonchev–Trinajstić information content (AvgIpc) is 2.29. The first-order valence-electron chi connectivity index (χ1n) is 6.21. The van der Waals surface area contributed by atoms with Gasteiger partial charge in [0.25, 0.3) is 0 Å². The van der Waals surface area contributed by atoms with Gasteiger partial charge in [-0.1, -0.05) is 49.0 Å². The van der Waals surface area contributed by atoms with Gasteiger partial charge in [0.05, 0.1) is 6.10 Å². The van der Waals surface area contributed by atoms with E-state index in [9.17, 15) is 5.11 Å². The van der Waals surface area contributed by atoms with Crippen LogP contribution in [-0.2, 0) is 0 Å². The summed E-state index contributed by atoms with van der Waals surface area (Å²) in [7, 11) is 0. The molecule has 0 bridgehead atoms. The first-order valence-corrected chi connectivity index (χ1v) is 6.96. The van der Waals surface area contributed by atoms with E-state index in [2.05, 4.69) is 6.92 Å². The van der Waals surface area contributed by atoms with E-state index in [4.69, 9.17) is 23.2 Å². The summed E-state index contributed by atoms with van der Waals surface area (Å²) in [5, 5.41) is 11.6. The molecule has 1 atom stereocenters. The van der Waals surface area contributed by atoms with Crippen LogP contribution in [0.4, 0.5) is 0 Å². The van der Waals surface area contributed by atoms with Gasteiger partial charge in [-0.15, -0.1) is 0 Å². The van der Waals surface area contributed by atoms with E-state index in [1.165, 1.54) is 12.8 Å². The molecule has 1 aromatic rings. The molecule has 1 aliphatic carbocycles. The fraction of sp³-hybridized carbons (Fsp3) is 0.571. The monoisotopic (exact) mass is 272 g/mol. The van der Waals surface area contributed by atoms with Crippen LogP contribution >= 0.6 is 23.2 Å². The van der Waals surface area contributed by atoms with Crippen molar-refractivity contribution in [2.45, 2.75) is 38.7 Å². The molecule has 0 heterocycles. The predicted molar refractivity (Wildman–Crippen MR) is 72.5 cm³/mol. The molecule has 0 amide bonds. The quantitative estimate of drug-likeness (QED) is 0.816. The Balaban J connectivity index is 2.11. The highest BCUT2D eigenvalue weighted by Crippen LogP contribution is 2.39. The average molecular weight is 273 g/mol. The zero-order chi connectivity index (χ0) is 12.4. The molecular formula is C14H18Cl2O. The van der Waals surface area contributed by atoms with Crippen LogP contribution in [0.15, 0.2) is 18.2 Å². The smallest absolute Gasteiger partial charge is 0.0832 e. The van der Waals surface area contributed by atoms with Crippen molar-refractivity contribution >= 4 is 23.2 Å². The summed E-state index contributed by atoms with van der Waals surface area (Å²) in [6.07, 6.45) is 4.12. The Morgan fingerprint density at radius 2 is 1.82 bits per heavy atom. The molecule has 0 saturated heterocycles. The van der Waals surface area contributed by atoms with Crippen LogP contribution in [0.5, 0.6) is 0 Å². The summed E-state index contributed by atoms with van der Waals surface area (Å²) in [4.78, 5) is 0. The van der Waals surface area contributed by atoms with E-state index in [0.717, 1.165) is 24.3 Å². The van der Waals surface area contributed by atoms with Crippen LogP contribution < -0.4 is 0 Å². The van der Waals surface area contributed by atoms with E-state index in [0.29, 0.717) is 16.0 Å². The Bertz CT molecular complexity index is 384. The van der Waals surface area contributed by atoms with Crippen LogP contribution in [0, 0.1) is 11.8 Å². The zero-order valence-corrected chi connectivity index (χ0v) is 11.5. The standard InChI is InChI=1S/C14H18Cl2O/c1-9-2-4-10(5-3-9)14(17)12-7-6-11(15)8-13(12)16/h6-10,14,17H,2-5H2,1H3. The fourth-order valence-corrected chi connectivity index (χ4v) is 3.12. The Hall–Kier alpha value is -0.240. The number of halogens is 2. The van der Waals surface area contributed by atoms with Crippen molar-refractivity contribution in [3.05, 3.63) is 33.8 Å². The number of aliphatic hydroxyl groups is 1. The maximum Gasteiger partial charge on any atom is 0.0832 e. The highest BCUT2D eigenvalue weighted by molar-refractivity contribution is 6.35. The molecule has 1 saturated carbocycles. The SMILES string of the molecule is CC1CCC(C(O)c2ccc(Cl)cc2Cl)CC1. The van der Waals surface area contributed by atoms with Crippen molar-refractivity contribution in [3.63, 3.8) is 0 Å². The van der Waals surface area contributed by atoms with Gasteiger partial charge in [-0.3, -0.25) is 0 Å². The summed E-state index contributed by atoms with van der Waals surface area (Å²) in [6, 6.07) is 5.33. The van der Waals surface area contributed by atoms with Gasteiger partial charge in [0, 0.05) is 10.0 Å². The second-order valence-electron chi connectivity index (χ2n) is 5.13. The van der Waals surface area contributed by atoms with Crippen LogP contribution in [-0.4, -0.2) is 5.11 Å². The fourth-order valence-electron chi connectivity index (χ4n) is 2.60. The number of aliphatic hydroxyl groups excluding tert-OH is 1. The van der Waals surface area contributed by atoms with Gasteiger partial charge in [-0.2, -0.15) is 0 Å². The molecule has 17 heavy (non-hydrogen) atoms. The lowest BCUT2D eigenvalue weighted by Crippen LogP contribution is -2.19. The number of rotatable bonds is 2. The van der Waals surface area contributed by atoms with E-state index in [1.54, 1.807) is 12.1 Å². The molecule has 3 heteroatoms. The van der Waals surface area contributed by atoms with Gasteiger partial charge < -0.3 is 5.11 Å². The molecule has 1 aliphatic rings. The van der Waals surface area contributed by atoms with Gasteiger partial charge in [-0.25, -0.2) is 0 Å². The van der Waals surface area contributed by atoms with Crippen molar-refractivity contribution in [3.8, 4) is 0 Å². The maximum absolute atomic E-state index is 10.4. The Morgan fingerprint density at radius 1 is 1.18 bits per heavy atom. The number of benzene rings is 1. The lowest BCUT2D eigenvalue weighted by molar-refractivity contribution is 0.0756. The minimum atomic E-state index is -0.452. The van der Waals surface area contributed by atoms with Crippen molar-refractivity contribution in [1.82, 2.24) is 0 Å². The summed E-state index contributed by atoms with van der Waals surface area (Å²) < 4.78 is 0. The molecule has 1 aromatic carbocycles. The van der Waals surface area contributed by atoms with E-state index >= 15 is 0 Å². The van der Waals surface area contributed by atoms with Gasteiger partial charge in [0.15, 0.2) is 0 Å². The third-order valence-corrected chi connectivity index (χ3v) is 4.35. The van der Waals surface area contributed by atoms with Crippen molar-refractivity contribution in [1.29, 1.82) is 0 Å². The Kier molecular flexibility index (Phi) is 4.35.